The van der Waals surface area contributed by atoms with Crippen molar-refractivity contribution in [2.45, 2.75) is 77.4 Å². The number of hydrogen-bond donors (Lipinski definition) is 1. The lowest BCUT2D eigenvalue weighted by atomic mass is 10.1. The lowest BCUT2D eigenvalue weighted by Crippen LogP contribution is -2.51. The van der Waals surface area contributed by atoms with Crippen molar-refractivity contribution in [3.8, 4) is 0 Å². The molecular formula is C28H37Cl2N3O4S. The van der Waals surface area contributed by atoms with Crippen LogP contribution in [0.3, 0.4) is 0 Å². The summed E-state index contributed by atoms with van der Waals surface area (Å²) in [5.74, 6) is -0.340. The van der Waals surface area contributed by atoms with Gasteiger partial charge in [-0.1, -0.05) is 72.8 Å². The minimum Gasteiger partial charge on any atom is -0.352 e. The predicted octanol–water partition coefficient (Wildman–Crippen LogP) is 5.71. The molecule has 0 spiro atoms. The Morgan fingerprint density at radius 1 is 1.08 bits per heavy atom. The van der Waals surface area contributed by atoms with E-state index in [0.29, 0.717) is 18.0 Å². The molecule has 0 unspecified atom stereocenters. The number of aryl methyl sites for hydroxylation is 1. The summed E-state index contributed by atoms with van der Waals surface area (Å²) in [7, 11) is -3.67. The monoisotopic (exact) mass is 581 g/mol. The number of amides is 2. The van der Waals surface area contributed by atoms with Gasteiger partial charge in [-0.05, 0) is 56.4 Å². The fourth-order valence-electron chi connectivity index (χ4n) is 4.84. The zero-order chi connectivity index (χ0) is 27.9. The number of anilines is 1. The van der Waals surface area contributed by atoms with Crippen LogP contribution in [0.2, 0.25) is 10.0 Å². The van der Waals surface area contributed by atoms with Crippen molar-refractivity contribution in [2.75, 3.05) is 17.1 Å². The van der Waals surface area contributed by atoms with E-state index in [-0.39, 0.29) is 48.0 Å². The summed E-state index contributed by atoms with van der Waals surface area (Å²) in [4.78, 5) is 28.5. The molecule has 2 aromatic rings. The average Bonchev–Trinajstić information content (AvgIpc) is 3.36. The minimum absolute atomic E-state index is 0.0497. The number of sulfonamides is 1. The van der Waals surface area contributed by atoms with Crippen molar-refractivity contribution in [3.05, 3.63) is 63.6 Å². The Bertz CT molecular complexity index is 1220. The van der Waals surface area contributed by atoms with Gasteiger partial charge in [0.25, 0.3) is 0 Å². The molecule has 1 atom stereocenters. The zero-order valence-corrected chi connectivity index (χ0v) is 24.6. The molecule has 10 heteroatoms. The normalized spacial score (nSPS) is 14.8. The van der Waals surface area contributed by atoms with E-state index in [9.17, 15) is 18.0 Å². The molecule has 0 heterocycles. The molecule has 0 saturated heterocycles. The van der Waals surface area contributed by atoms with Gasteiger partial charge in [0.2, 0.25) is 21.8 Å². The maximum Gasteiger partial charge on any atom is 0.243 e. The molecule has 0 aromatic heterocycles. The lowest BCUT2D eigenvalue weighted by Gasteiger charge is -2.32. The number of carbonyl (C=O) groups excluding carboxylic acids is 2. The SMILES string of the molecule is CC[C@H](C(=O)NC1CCCC1)N(Cc1ccc(C)cc1)C(=O)CCCN(c1cc(Cl)ccc1Cl)S(C)(=O)=O. The highest BCUT2D eigenvalue weighted by Crippen LogP contribution is 2.31. The summed E-state index contributed by atoms with van der Waals surface area (Å²) in [6.45, 7) is 4.25. The Morgan fingerprint density at radius 2 is 1.74 bits per heavy atom. The molecule has 0 radical (unpaired) electrons. The standard InChI is InChI=1S/C28H37Cl2N3O4S/c1-4-25(28(35)31-23-8-5-6-9-23)32(19-21-13-11-20(2)12-14-21)27(34)10-7-17-33(38(3,36)37)26-18-22(29)15-16-24(26)30/h11-16,18,23,25H,4-10,17,19H2,1-3H3,(H,31,35)/t25-/m1/s1. The van der Waals surface area contributed by atoms with E-state index >= 15 is 0 Å². The summed E-state index contributed by atoms with van der Waals surface area (Å²) in [6, 6.07) is 12.1. The fraction of sp³-hybridized carbons (Fsp3) is 0.500. The quantitative estimate of drug-likeness (QED) is 0.347. The summed E-state index contributed by atoms with van der Waals surface area (Å²) < 4.78 is 26.3. The largest absolute Gasteiger partial charge is 0.352 e. The summed E-state index contributed by atoms with van der Waals surface area (Å²) >= 11 is 12.4. The van der Waals surface area contributed by atoms with E-state index < -0.39 is 16.1 Å². The maximum atomic E-state index is 13.6. The number of nitrogens with zero attached hydrogens (tertiary/aromatic N) is 2. The van der Waals surface area contributed by atoms with Crippen LogP contribution < -0.4 is 9.62 Å². The molecule has 7 nitrogen and oxygen atoms in total. The highest BCUT2D eigenvalue weighted by atomic mass is 35.5. The van der Waals surface area contributed by atoms with Gasteiger partial charge < -0.3 is 10.2 Å². The molecule has 0 aliphatic heterocycles. The number of nitrogens with one attached hydrogen (secondary N) is 1. The topological polar surface area (TPSA) is 86.8 Å². The Labute approximate surface area is 236 Å². The third kappa shape index (κ3) is 8.35. The van der Waals surface area contributed by atoms with Crippen LogP contribution in [0.25, 0.3) is 0 Å². The number of rotatable bonds is 12. The van der Waals surface area contributed by atoms with Gasteiger partial charge in [0.05, 0.1) is 17.0 Å². The van der Waals surface area contributed by atoms with E-state index in [4.69, 9.17) is 23.2 Å². The first-order valence-electron chi connectivity index (χ1n) is 13.1. The van der Waals surface area contributed by atoms with E-state index in [1.165, 1.54) is 10.4 Å². The number of hydrogen-bond acceptors (Lipinski definition) is 4. The second kappa shape index (κ2) is 13.7. The van der Waals surface area contributed by atoms with Crippen LogP contribution in [-0.4, -0.2) is 50.0 Å². The van der Waals surface area contributed by atoms with Crippen molar-refractivity contribution < 1.29 is 18.0 Å². The van der Waals surface area contributed by atoms with Gasteiger partial charge in [-0.15, -0.1) is 0 Å². The molecule has 2 amide bonds. The second-order valence-corrected chi connectivity index (χ2v) is 12.7. The van der Waals surface area contributed by atoms with Crippen LogP contribution in [0.4, 0.5) is 5.69 Å². The first kappa shape index (κ1) is 30.3. The molecule has 3 rings (SSSR count). The highest BCUT2D eigenvalue weighted by Gasteiger charge is 2.31. The Hall–Kier alpha value is -2.29. The van der Waals surface area contributed by atoms with Crippen LogP contribution in [0.1, 0.15) is 63.0 Å². The molecular weight excluding hydrogens is 545 g/mol. The first-order valence-corrected chi connectivity index (χ1v) is 15.7. The molecule has 1 aliphatic carbocycles. The second-order valence-electron chi connectivity index (χ2n) is 9.96. The molecule has 38 heavy (non-hydrogen) atoms. The predicted molar refractivity (Wildman–Crippen MR) is 154 cm³/mol. The zero-order valence-electron chi connectivity index (χ0n) is 22.3. The van der Waals surface area contributed by atoms with Crippen molar-refractivity contribution >= 4 is 50.7 Å². The third-order valence-electron chi connectivity index (χ3n) is 6.89. The van der Waals surface area contributed by atoms with Crippen LogP contribution >= 0.6 is 23.2 Å². The van der Waals surface area contributed by atoms with Crippen molar-refractivity contribution in [2.24, 2.45) is 0 Å². The minimum atomic E-state index is -3.67. The molecule has 208 valence electrons. The molecule has 1 N–H and O–H groups in total. The van der Waals surface area contributed by atoms with Crippen molar-refractivity contribution in [1.82, 2.24) is 10.2 Å². The average molecular weight is 583 g/mol. The lowest BCUT2D eigenvalue weighted by molar-refractivity contribution is -0.141. The molecule has 1 saturated carbocycles. The van der Waals surface area contributed by atoms with Gasteiger partial charge in [-0.25, -0.2) is 8.42 Å². The molecule has 2 aromatic carbocycles. The van der Waals surface area contributed by atoms with Gasteiger partial charge in [0.15, 0.2) is 0 Å². The number of halogens is 2. The Morgan fingerprint density at radius 3 is 2.34 bits per heavy atom. The van der Waals surface area contributed by atoms with Crippen LogP contribution in [0.5, 0.6) is 0 Å². The van der Waals surface area contributed by atoms with E-state index in [0.717, 1.165) is 43.1 Å². The Balaban J connectivity index is 1.77. The van der Waals surface area contributed by atoms with Gasteiger partial charge in [-0.3, -0.25) is 13.9 Å². The summed E-state index contributed by atoms with van der Waals surface area (Å²) in [5, 5.41) is 3.75. The Kier molecular flexibility index (Phi) is 10.9. The number of benzene rings is 2. The maximum absolute atomic E-state index is 13.6. The molecule has 1 aliphatic rings. The van der Waals surface area contributed by atoms with Crippen LogP contribution in [-0.2, 0) is 26.2 Å². The van der Waals surface area contributed by atoms with Crippen LogP contribution in [0, 0.1) is 6.92 Å². The van der Waals surface area contributed by atoms with Crippen LogP contribution in [0.15, 0.2) is 42.5 Å². The van der Waals surface area contributed by atoms with E-state index in [2.05, 4.69) is 5.32 Å². The smallest absolute Gasteiger partial charge is 0.243 e. The van der Waals surface area contributed by atoms with E-state index in [1.807, 2.05) is 38.1 Å². The third-order valence-corrected chi connectivity index (χ3v) is 8.62. The highest BCUT2D eigenvalue weighted by molar-refractivity contribution is 7.92. The van der Waals surface area contributed by atoms with Crippen molar-refractivity contribution in [1.29, 1.82) is 0 Å². The van der Waals surface area contributed by atoms with Crippen molar-refractivity contribution in [3.63, 3.8) is 0 Å². The summed E-state index contributed by atoms with van der Waals surface area (Å²) in [5.41, 5.74) is 2.31. The van der Waals surface area contributed by atoms with E-state index in [1.54, 1.807) is 17.0 Å². The molecule has 1 fully saturated rings. The van der Waals surface area contributed by atoms with Gasteiger partial charge in [0.1, 0.15) is 6.04 Å². The van der Waals surface area contributed by atoms with Gasteiger partial charge in [0, 0.05) is 30.6 Å². The first-order chi connectivity index (χ1) is 18.0. The van der Waals surface area contributed by atoms with Gasteiger partial charge in [-0.2, -0.15) is 0 Å². The summed E-state index contributed by atoms with van der Waals surface area (Å²) in [6.07, 6.45) is 6.01. The fourth-order valence-corrected chi connectivity index (χ4v) is 6.24. The number of carbonyl (C=O) groups is 2. The molecule has 0 bridgehead atoms. The van der Waals surface area contributed by atoms with Gasteiger partial charge >= 0.3 is 0 Å².